The Bertz CT molecular complexity index is 573. The Kier molecular flexibility index (Phi) is 9.57. The minimum atomic E-state index is 0. The number of guanidine groups is 1. The van der Waals surface area contributed by atoms with Crippen LogP contribution in [0, 0.1) is 0 Å². The number of hydrogen-bond acceptors (Lipinski definition) is 5. The highest BCUT2D eigenvalue weighted by molar-refractivity contribution is 14.0. The van der Waals surface area contributed by atoms with Gasteiger partial charge in [-0.25, -0.2) is 4.98 Å². The van der Waals surface area contributed by atoms with Crippen LogP contribution in [0.1, 0.15) is 12.8 Å². The van der Waals surface area contributed by atoms with Gasteiger partial charge in [-0.15, -0.1) is 24.0 Å². The van der Waals surface area contributed by atoms with Crippen LogP contribution < -0.4 is 10.1 Å². The molecule has 3 rings (SSSR count). The fraction of sp³-hybridized carbons (Fsp3) is 0.684. The fourth-order valence-corrected chi connectivity index (χ4v) is 3.59. The molecule has 1 atom stereocenters. The minimum absolute atomic E-state index is 0. The average molecular weight is 488 g/mol. The lowest BCUT2D eigenvalue weighted by atomic mass is 10.3. The number of halogens is 1. The van der Waals surface area contributed by atoms with Crippen LogP contribution in [0.4, 0.5) is 0 Å². The molecule has 0 radical (unpaired) electrons. The van der Waals surface area contributed by atoms with Gasteiger partial charge in [0.2, 0.25) is 5.88 Å². The topological polar surface area (TPSA) is 56.2 Å². The molecule has 2 saturated heterocycles. The molecule has 0 aliphatic carbocycles. The number of hydrogen-bond donors (Lipinski definition) is 1. The van der Waals surface area contributed by atoms with Crippen molar-refractivity contribution in [1.29, 1.82) is 0 Å². The van der Waals surface area contributed by atoms with Crippen molar-refractivity contribution in [2.24, 2.45) is 4.99 Å². The molecule has 0 amide bonds. The number of likely N-dealkylation sites (tertiary alicyclic amines) is 1. The fourth-order valence-electron chi connectivity index (χ4n) is 3.59. The molecular weight excluding hydrogens is 455 g/mol. The Hall–Kier alpha value is -1.13. The maximum atomic E-state index is 5.98. The summed E-state index contributed by atoms with van der Waals surface area (Å²) < 4.78 is 5.98. The quantitative estimate of drug-likeness (QED) is 0.384. The van der Waals surface area contributed by atoms with E-state index in [1.165, 1.54) is 19.5 Å². The lowest BCUT2D eigenvalue weighted by Crippen LogP contribution is -2.44. The molecule has 2 fully saturated rings. The summed E-state index contributed by atoms with van der Waals surface area (Å²) in [5.41, 5.74) is 0. The van der Waals surface area contributed by atoms with Crippen LogP contribution in [0.15, 0.2) is 29.4 Å². The van der Waals surface area contributed by atoms with Crippen molar-refractivity contribution in [1.82, 2.24) is 25.0 Å². The van der Waals surface area contributed by atoms with Crippen molar-refractivity contribution in [2.75, 3.05) is 66.5 Å². The van der Waals surface area contributed by atoms with Crippen molar-refractivity contribution < 1.29 is 4.74 Å². The zero-order valence-corrected chi connectivity index (χ0v) is 18.8. The molecule has 8 heteroatoms. The third-order valence-corrected chi connectivity index (χ3v) is 5.10. The summed E-state index contributed by atoms with van der Waals surface area (Å²) in [6.45, 7) is 8.52. The Morgan fingerprint density at radius 2 is 2.15 bits per heavy atom. The summed E-state index contributed by atoms with van der Waals surface area (Å²) >= 11 is 0. The molecule has 1 aromatic heterocycles. The average Bonchev–Trinajstić information content (AvgIpc) is 3.01. The first kappa shape index (κ1) is 22.2. The van der Waals surface area contributed by atoms with Crippen LogP contribution in [0.2, 0.25) is 0 Å². The lowest BCUT2D eigenvalue weighted by Gasteiger charge is -2.24. The molecule has 152 valence electrons. The maximum absolute atomic E-state index is 5.98. The lowest BCUT2D eigenvalue weighted by molar-refractivity contribution is 0.205. The van der Waals surface area contributed by atoms with Crippen molar-refractivity contribution in [3.8, 4) is 5.88 Å². The van der Waals surface area contributed by atoms with Crippen LogP contribution in [-0.4, -0.2) is 98.2 Å². The predicted octanol–water partition coefficient (Wildman–Crippen LogP) is 1.37. The highest BCUT2D eigenvalue weighted by Crippen LogP contribution is 2.16. The van der Waals surface area contributed by atoms with Crippen molar-refractivity contribution in [3.63, 3.8) is 0 Å². The number of aromatic nitrogens is 1. The van der Waals surface area contributed by atoms with E-state index in [1.54, 1.807) is 6.20 Å². The molecular formula is C19H33IN6O. The Balaban J connectivity index is 0.00000261. The minimum Gasteiger partial charge on any atom is -0.472 e. The Morgan fingerprint density at radius 1 is 1.26 bits per heavy atom. The molecule has 27 heavy (non-hydrogen) atoms. The molecule has 7 nitrogen and oxygen atoms in total. The van der Waals surface area contributed by atoms with Gasteiger partial charge >= 0.3 is 0 Å². The van der Waals surface area contributed by atoms with E-state index in [0.29, 0.717) is 5.88 Å². The summed E-state index contributed by atoms with van der Waals surface area (Å²) in [5.74, 6) is 1.68. The normalized spacial score (nSPS) is 22.2. The summed E-state index contributed by atoms with van der Waals surface area (Å²) in [6.07, 6.45) is 4.19. The molecule has 1 aromatic rings. The second-order valence-corrected chi connectivity index (χ2v) is 7.11. The van der Waals surface area contributed by atoms with Crippen LogP contribution >= 0.6 is 24.0 Å². The number of nitrogens with zero attached hydrogens (tertiary/aromatic N) is 5. The number of aliphatic imine (C=N–C) groups is 1. The van der Waals surface area contributed by atoms with E-state index in [4.69, 9.17) is 4.74 Å². The number of ether oxygens (including phenoxy) is 1. The van der Waals surface area contributed by atoms with Gasteiger partial charge in [0.25, 0.3) is 0 Å². The molecule has 0 saturated carbocycles. The molecule has 1 N–H and O–H groups in total. The SMILES string of the molecule is CN=C(NCCN1CCCN(C)CC1)N1CCC(Oc2ccccn2)C1.I. The molecule has 2 aliphatic rings. The van der Waals surface area contributed by atoms with Crippen molar-refractivity contribution in [2.45, 2.75) is 18.9 Å². The smallest absolute Gasteiger partial charge is 0.213 e. The third-order valence-electron chi connectivity index (χ3n) is 5.10. The molecule has 1 unspecified atom stereocenters. The maximum Gasteiger partial charge on any atom is 0.213 e. The van der Waals surface area contributed by atoms with E-state index >= 15 is 0 Å². The number of nitrogens with one attached hydrogen (secondary N) is 1. The largest absolute Gasteiger partial charge is 0.472 e. The summed E-state index contributed by atoms with van der Waals surface area (Å²) in [4.78, 5) is 15.9. The number of likely N-dealkylation sites (N-methyl/N-ethyl adjacent to an activating group) is 1. The van der Waals surface area contributed by atoms with Crippen molar-refractivity contribution in [3.05, 3.63) is 24.4 Å². The number of rotatable bonds is 5. The van der Waals surface area contributed by atoms with Gasteiger partial charge in [-0.05, 0) is 32.6 Å². The molecule has 0 bridgehead atoms. The van der Waals surface area contributed by atoms with Crippen LogP contribution in [0.25, 0.3) is 0 Å². The zero-order chi connectivity index (χ0) is 18.2. The molecule has 0 aromatic carbocycles. The summed E-state index contributed by atoms with van der Waals surface area (Å²) in [6, 6.07) is 5.77. The first-order chi connectivity index (χ1) is 12.7. The standard InChI is InChI=1S/C19H32N6O.HI/c1-20-19(22-9-13-24-11-5-10-23(2)14-15-24)25-12-7-17(16-25)26-18-6-3-4-8-21-18;/h3-4,6,8,17H,5,7,9-16H2,1-2H3,(H,20,22);1H. The third kappa shape index (κ3) is 7.08. The Morgan fingerprint density at radius 3 is 2.93 bits per heavy atom. The first-order valence-electron chi connectivity index (χ1n) is 9.69. The van der Waals surface area contributed by atoms with Crippen LogP contribution in [0.5, 0.6) is 5.88 Å². The van der Waals surface area contributed by atoms with Crippen LogP contribution in [0.3, 0.4) is 0 Å². The van der Waals surface area contributed by atoms with E-state index < -0.39 is 0 Å². The van der Waals surface area contributed by atoms with Gasteiger partial charge < -0.3 is 24.8 Å². The Labute approximate surface area is 180 Å². The van der Waals surface area contributed by atoms with Gasteiger partial charge in [-0.3, -0.25) is 4.99 Å². The van der Waals surface area contributed by atoms with Gasteiger partial charge in [0.1, 0.15) is 6.10 Å². The van der Waals surface area contributed by atoms with Gasteiger partial charge in [0.05, 0.1) is 6.54 Å². The van der Waals surface area contributed by atoms with Gasteiger partial charge in [0.15, 0.2) is 5.96 Å². The molecule has 0 spiro atoms. The highest BCUT2D eigenvalue weighted by atomic mass is 127. The predicted molar refractivity (Wildman–Crippen MR) is 120 cm³/mol. The number of pyridine rings is 1. The zero-order valence-electron chi connectivity index (χ0n) is 16.5. The van der Waals surface area contributed by atoms with Gasteiger partial charge in [-0.1, -0.05) is 6.07 Å². The first-order valence-corrected chi connectivity index (χ1v) is 9.69. The summed E-state index contributed by atoms with van der Waals surface area (Å²) in [5, 5.41) is 3.52. The van der Waals surface area contributed by atoms with E-state index in [-0.39, 0.29) is 30.1 Å². The van der Waals surface area contributed by atoms with Crippen LogP contribution in [-0.2, 0) is 0 Å². The van der Waals surface area contributed by atoms with E-state index in [0.717, 1.165) is 51.6 Å². The van der Waals surface area contributed by atoms with Gasteiger partial charge in [-0.2, -0.15) is 0 Å². The van der Waals surface area contributed by atoms with E-state index in [1.807, 2.05) is 25.2 Å². The summed E-state index contributed by atoms with van der Waals surface area (Å²) in [7, 11) is 4.07. The monoisotopic (exact) mass is 488 g/mol. The van der Waals surface area contributed by atoms with E-state index in [9.17, 15) is 0 Å². The van der Waals surface area contributed by atoms with E-state index in [2.05, 4.69) is 37.0 Å². The van der Waals surface area contributed by atoms with Crippen molar-refractivity contribution >= 4 is 29.9 Å². The molecule has 2 aliphatic heterocycles. The molecule has 3 heterocycles. The second-order valence-electron chi connectivity index (χ2n) is 7.11. The van der Waals surface area contributed by atoms with Gasteiger partial charge in [0, 0.05) is 58.5 Å². The highest BCUT2D eigenvalue weighted by Gasteiger charge is 2.26. The second kappa shape index (κ2) is 11.7.